The van der Waals surface area contributed by atoms with Crippen molar-refractivity contribution >= 4 is 0 Å². The van der Waals surface area contributed by atoms with E-state index in [0.717, 1.165) is 37.0 Å². The molecule has 1 aliphatic heterocycles. The normalized spacial score (nSPS) is 21.7. The van der Waals surface area contributed by atoms with Crippen LogP contribution in [0.3, 0.4) is 0 Å². The Balaban J connectivity index is 1.74. The van der Waals surface area contributed by atoms with Crippen LogP contribution in [0.15, 0.2) is 24.3 Å². The summed E-state index contributed by atoms with van der Waals surface area (Å²) in [5.74, 6) is 0.693. The van der Waals surface area contributed by atoms with E-state index in [1.807, 2.05) is 6.07 Å². The smallest absolute Gasteiger partial charge is 0.123 e. The van der Waals surface area contributed by atoms with Crippen LogP contribution >= 0.6 is 0 Å². The summed E-state index contributed by atoms with van der Waals surface area (Å²) in [7, 11) is 0. The van der Waals surface area contributed by atoms with E-state index in [9.17, 15) is 4.39 Å². The number of piperidine rings is 1. The van der Waals surface area contributed by atoms with Crippen molar-refractivity contribution in [1.82, 2.24) is 10.2 Å². The van der Waals surface area contributed by atoms with Crippen LogP contribution in [0.4, 0.5) is 4.39 Å². The van der Waals surface area contributed by atoms with Gasteiger partial charge in [-0.25, -0.2) is 4.39 Å². The van der Waals surface area contributed by atoms with Crippen LogP contribution in [0.5, 0.6) is 0 Å². The van der Waals surface area contributed by atoms with Crippen LogP contribution in [0.2, 0.25) is 0 Å². The zero-order valence-electron chi connectivity index (χ0n) is 13.0. The molecule has 1 saturated heterocycles. The summed E-state index contributed by atoms with van der Waals surface area (Å²) >= 11 is 0. The van der Waals surface area contributed by atoms with E-state index in [0.29, 0.717) is 6.04 Å². The van der Waals surface area contributed by atoms with Gasteiger partial charge in [-0.15, -0.1) is 0 Å². The molecule has 3 rings (SSSR count). The summed E-state index contributed by atoms with van der Waals surface area (Å²) in [4.78, 5) is 2.67. The van der Waals surface area contributed by atoms with Crippen LogP contribution in [0, 0.1) is 11.7 Å². The van der Waals surface area contributed by atoms with E-state index in [-0.39, 0.29) is 5.82 Å². The quantitative estimate of drug-likeness (QED) is 0.858. The first-order chi connectivity index (χ1) is 10.3. The number of rotatable bonds is 6. The number of nitrogens with one attached hydrogen (secondary N) is 1. The number of hydrogen-bond donors (Lipinski definition) is 1. The number of benzene rings is 1. The molecule has 0 bridgehead atoms. The third kappa shape index (κ3) is 3.83. The third-order valence-corrected chi connectivity index (χ3v) is 4.96. The molecule has 1 aromatic carbocycles. The van der Waals surface area contributed by atoms with Crippen LogP contribution in [0.1, 0.15) is 50.6 Å². The fourth-order valence-corrected chi connectivity index (χ4v) is 3.67. The van der Waals surface area contributed by atoms with E-state index < -0.39 is 0 Å². The van der Waals surface area contributed by atoms with Gasteiger partial charge in [0.25, 0.3) is 0 Å². The Hall–Kier alpha value is -0.930. The Kier molecular flexibility index (Phi) is 4.91. The molecule has 116 valence electrons. The second-order valence-electron chi connectivity index (χ2n) is 6.60. The maximum atomic E-state index is 13.6. The van der Waals surface area contributed by atoms with Gasteiger partial charge in [0.2, 0.25) is 0 Å². The SMILES string of the molecule is CCC(c1cccc(F)c1)N(CC1CCNCC1)C1CC1. The highest BCUT2D eigenvalue weighted by atomic mass is 19.1. The predicted octanol–water partition coefficient (Wildman–Crippen LogP) is 3.74. The Labute approximate surface area is 127 Å². The van der Waals surface area contributed by atoms with Gasteiger partial charge in [0.1, 0.15) is 5.82 Å². The van der Waals surface area contributed by atoms with E-state index in [1.54, 1.807) is 12.1 Å². The van der Waals surface area contributed by atoms with E-state index in [1.165, 1.54) is 32.2 Å². The summed E-state index contributed by atoms with van der Waals surface area (Å²) in [5.41, 5.74) is 1.15. The van der Waals surface area contributed by atoms with Crippen molar-refractivity contribution in [2.24, 2.45) is 5.92 Å². The van der Waals surface area contributed by atoms with Gasteiger partial charge in [0.15, 0.2) is 0 Å². The number of halogens is 1. The monoisotopic (exact) mass is 290 g/mol. The zero-order valence-corrected chi connectivity index (χ0v) is 13.0. The van der Waals surface area contributed by atoms with Crippen LogP contribution in [0.25, 0.3) is 0 Å². The molecule has 1 N–H and O–H groups in total. The largest absolute Gasteiger partial charge is 0.317 e. The molecular formula is C18H27FN2. The van der Waals surface area contributed by atoms with Crippen molar-refractivity contribution < 1.29 is 4.39 Å². The van der Waals surface area contributed by atoms with Crippen molar-refractivity contribution in [2.45, 2.75) is 51.1 Å². The highest BCUT2D eigenvalue weighted by molar-refractivity contribution is 5.21. The summed E-state index contributed by atoms with van der Waals surface area (Å²) in [6, 6.07) is 8.32. The molecule has 1 saturated carbocycles. The molecule has 21 heavy (non-hydrogen) atoms. The third-order valence-electron chi connectivity index (χ3n) is 4.96. The maximum Gasteiger partial charge on any atom is 0.123 e. The average molecular weight is 290 g/mol. The van der Waals surface area contributed by atoms with Gasteiger partial charge in [-0.3, -0.25) is 4.90 Å². The molecule has 0 spiro atoms. The summed E-state index contributed by atoms with van der Waals surface area (Å²) in [6.07, 6.45) is 6.25. The Morgan fingerprint density at radius 1 is 1.24 bits per heavy atom. The first-order valence-electron chi connectivity index (χ1n) is 8.50. The summed E-state index contributed by atoms with van der Waals surface area (Å²) in [6.45, 7) is 5.72. The van der Waals surface area contributed by atoms with E-state index in [4.69, 9.17) is 0 Å². The van der Waals surface area contributed by atoms with Crippen molar-refractivity contribution in [2.75, 3.05) is 19.6 Å². The van der Waals surface area contributed by atoms with Gasteiger partial charge in [-0.2, -0.15) is 0 Å². The number of nitrogens with zero attached hydrogens (tertiary/aromatic N) is 1. The molecule has 1 unspecified atom stereocenters. The lowest BCUT2D eigenvalue weighted by Gasteiger charge is -2.36. The highest BCUT2D eigenvalue weighted by Gasteiger charge is 2.35. The lowest BCUT2D eigenvalue weighted by Crippen LogP contribution is -2.39. The Morgan fingerprint density at radius 2 is 2.00 bits per heavy atom. The topological polar surface area (TPSA) is 15.3 Å². The van der Waals surface area contributed by atoms with E-state index >= 15 is 0 Å². The second-order valence-corrected chi connectivity index (χ2v) is 6.60. The fourth-order valence-electron chi connectivity index (χ4n) is 3.67. The molecule has 0 amide bonds. The first kappa shape index (κ1) is 15.0. The first-order valence-corrected chi connectivity index (χ1v) is 8.50. The van der Waals surface area contributed by atoms with Crippen molar-refractivity contribution in [3.63, 3.8) is 0 Å². The van der Waals surface area contributed by atoms with E-state index in [2.05, 4.69) is 23.2 Å². The van der Waals surface area contributed by atoms with Crippen molar-refractivity contribution in [3.8, 4) is 0 Å². The molecule has 2 nitrogen and oxygen atoms in total. The van der Waals surface area contributed by atoms with Crippen molar-refractivity contribution in [1.29, 1.82) is 0 Å². The van der Waals surface area contributed by atoms with Gasteiger partial charge in [0, 0.05) is 18.6 Å². The van der Waals surface area contributed by atoms with Crippen LogP contribution in [-0.4, -0.2) is 30.6 Å². The maximum absolute atomic E-state index is 13.6. The summed E-state index contributed by atoms with van der Waals surface area (Å²) < 4.78 is 13.6. The molecule has 1 aromatic rings. The molecule has 0 aromatic heterocycles. The van der Waals surface area contributed by atoms with Gasteiger partial charge in [-0.1, -0.05) is 19.1 Å². The molecule has 1 aliphatic carbocycles. The number of hydrogen-bond acceptors (Lipinski definition) is 2. The molecular weight excluding hydrogens is 263 g/mol. The van der Waals surface area contributed by atoms with Gasteiger partial charge in [-0.05, 0) is 68.8 Å². The van der Waals surface area contributed by atoms with Crippen LogP contribution in [-0.2, 0) is 0 Å². The molecule has 1 heterocycles. The molecule has 2 aliphatic rings. The Bertz CT molecular complexity index is 452. The lowest BCUT2D eigenvalue weighted by atomic mass is 9.95. The highest BCUT2D eigenvalue weighted by Crippen LogP contribution is 2.37. The summed E-state index contributed by atoms with van der Waals surface area (Å²) in [5, 5.41) is 3.45. The van der Waals surface area contributed by atoms with Crippen molar-refractivity contribution in [3.05, 3.63) is 35.6 Å². The van der Waals surface area contributed by atoms with Gasteiger partial charge < -0.3 is 5.32 Å². The Morgan fingerprint density at radius 3 is 2.62 bits per heavy atom. The minimum atomic E-state index is -0.108. The predicted molar refractivity (Wildman–Crippen MR) is 84.8 cm³/mol. The lowest BCUT2D eigenvalue weighted by molar-refractivity contribution is 0.138. The molecule has 2 fully saturated rings. The molecule has 1 atom stereocenters. The minimum absolute atomic E-state index is 0.108. The molecule has 3 heteroatoms. The zero-order chi connectivity index (χ0) is 14.7. The fraction of sp³-hybridized carbons (Fsp3) is 0.667. The van der Waals surface area contributed by atoms with Gasteiger partial charge >= 0.3 is 0 Å². The van der Waals surface area contributed by atoms with Crippen LogP contribution < -0.4 is 5.32 Å². The molecule has 0 radical (unpaired) electrons. The average Bonchev–Trinajstić information content (AvgIpc) is 3.33. The minimum Gasteiger partial charge on any atom is -0.317 e. The second kappa shape index (κ2) is 6.89. The van der Waals surface area contributed by atoms with Gasteiger partial charge in [0.05, 0.1) is 0 Å². The standard InChI is InChI=1S/C18H27FN2/c1-2-18(15-4-3-5-16(19)12-15)21(17-6-7-17)13-14-8-10-20-11-9-14/h3-5,12,14,17-18,20H,2,6-11,13H2,1H3.